The van der Waals surface area contributed by atoms with Crippen LogP contribution in [0.4, 0.5) is 5.95 Å². The highest BCUT2D eigenvalue weighted by Crippen LogP contribution is 2.35. The molecule has 0 radical (unpaired) electrons. The van der Waals surface area contributed by atoms with Gasteiger partial charge in [0.2, 0.25) is 5.95 Å². The summed E-state index contributed by atoms with van der Waals surface area (Å²) in [4.78, 5) is 8.49. The molecular weight excluding hydrogens is 214 g/mol. The van der Waals surface area contributed by atoms with Crippen molar-refractivity contribution in [3.05, 3.63) is 12.4 Å². The van der Waals surface area contributed by atoms with Crippen molar-refractivity contribution in [1.82, 2.24) is 9.97 Å². The summed E-state index contributed by atoms with van der Waals surface area (Å²) in [7, 11) is 1.62. The summed E-state index contributed by atoms with van der Waals surface area (Å²) < 4.78 is 5.04. The highest BCUT2D eigenvalue weighted by atomic mass is 16.5. The van der Waals surface area contributed by atoms with Gasteiger partial charge in [0.15, 0.2) is 5.75 Å². The maximum absolute atomic E-state index is 5.04. The first-order valence-electron chi connectivity index (χ1n) is 6.22. The van der Waals surface area contributed by atoms with Crippen molar-refractivity contribution in [3.8, 4) is 5.75 Å². The third-order valence-electron chi connectivity index (χ3n) is 3.40. The van der Waals surface area contributed by atoms with Crippen LogP contribution in [0, 0.1) is 5.41 Å². The van der Waals surface area contributed by atoms with E-state index in [1.54, 1.807) is 19.5 Å². The lowest BCUT2D eigenvalue weighted by Crippen LogP contribution is -2.32. The van der Waals surface area contributed by atoms with Crippen LogP contribution in [0.1, 0.15) is 39.5 Å². The van der Waals surface area contributed by atoms with Crippen molar-refractivity contribution in [3.63, 3.8) is 0 Å². The number of nitrogens with one attached hydrogen (secondary N) is 1. The molecule has 1 fully saturated rings. The topological polar surface area (TPSA) is 47.0 Å². The van der Waals surface area contributed by atoms with E-state index in [2.05, 4.69) is 29.1 Å². The summed E-state index contributed by atoms with van der Waals surface area (Å²) in [5, 5.41) is 3.41. The minimum Gasteiger partial charge on any atom is -0.494 e. The van der Waals surface area contributed by atoms with Crippen LogP contribution in [0.3, 0.4) is 0 Å². The third kappa shape index (κ3) is 3.32. The van der Waals surface area contributed by atoms with Crippen molar-refractivity contribution in [2.24, 2.45) is 5.41 Å². The largest absolute Gasteiger partial charge is 0.494 e. The second-order valence-corrected chi connectivity index (χ2v) is 5.55. The van der Waals surface area contributed by atoms with Gasteiger partial charge in [-0.3, -0.25) is 0 Å². The molecule has 1 aliphatic carbocycles. The highest BCUT2D eigenvalue weighted by Gasteiger charge is 2.28. The van der Waals surface area contributed by atoms with Crippen LogP contribution >= 0.6 is 0 Å². The van der Waals surface area contributed by atoms with Crippen molar-refractivity contribution in [2.75, 3.05) is 12.4 Å². The molecule has 17 heavy (non-hydrogen) atoms. The van der Waals surface area contributed by atoms with Gasteiger partial charge in [0.25, 0.3) is 0 Å². The SMILES string of the molecule is COc1cnc(NC2CCCC(C)(C)C2)nc1. The molecule has 0 bridgehead atoms. The number of aromatic nitrogens is 2. The number of hydrogen-bond acceptors (Lipinski definition) is 4. The van der Waals surface area contributed by atoms with E-state index >= 15 is 0 Å². The molecule has 1 heterocycles. The second-order valence-electron chi connectivity index (χ2n) is 5.55. The van der Waals surface area contributed by atoms with Crippen molar-refractivity contribution >= 4 is 5.95 Å². The molecular formula is C13H21N3O. The molecule has 1 aliphatic rings. The summed E-state index contributed by atoms with van der Waals surface area (Å²) in [6, 6.07) is 0.493. The quantitative estimate of drug-likeness (QED) is 0.875. The Balaban J connectivity index is 1.95. The third-order valence-corrected chi connectivity index (χ3v) is 3.40. The first-order chi connectivity index (χ1) is 8.09. The Hall–Kier alpha value is -1.32. The van der Waals surface area contributed by atoms with Crippen LogP contribution in [0.5, 0.6) is 5.75 Å². The summed E-state index contributed by atoms with van der Waals surface area (Å²) in [6.07, 6.45) is 8.38. The first kappa shape index (κ1) is 12.1. The lowest BCUT2D eigenvalue weighted by Gasteiger charge is -2.35. The fraction of sp³-hybridized carbons (Fsp3) is 0.692. The van der Waals surface area contributed by atoms with Gasteiger partial charge in [-0.1, -0.05) is 20.3 Å². The summed E-state index contributed by atoms with van der Waals surface area (Å²) in [5.41, 5.74) is 0.433. The normalized spacial score (nSPS) is 23.1. The van der Waals surface area contributed by atoms with Crippen LogP contribution in [-0.4, -0.2) is 23.1 Å². The molecule has 1 aromatic heterocycles. The number of ether oxygens (including phenoxy) is 1. The molecule has 1 unspecified atom stereocenters. The smallest absolute Gasteiger partial charge is 0.223 e. The van der Waals surface area contributed by atoms with Crippen molar-refractivity contribution in [1.29, 1.82) is 0 Å². The zero-order valence-electron chi connectivity index (χ0n) is 10.9. The molecule has 2 rings (SSSR count). The number of anilines is 1. The first-order valence-corrected chi connectivity index (χ1v) is 6.22. The predicted octanol–water partition coefficient (Wildman–Crippen LogP) is 2.87. The Morgan fingerprint density at radius 2 is 2.06 bits per heavy atom. The molecule has 1 aromatic rings. The number of hydrogen-bond donors (Lipinski definition) is 1. The molecule has 0 spiro atoms. The molecule has 1 N–H and O–H groups in total. The standard InChI is InChI=1S/C13H21N3O/c1-13(2)6-4-5-10(7-13)16-12-14-8-11(17-3)9-15-12/h8-10H,4-7H2,1-3H3,(H,14,15,16). The monoisotopic (exact) mass is 235 g/mol. The van der Waals surface area contributed by atoms with E-state index in [0.717, 1.165) is 0 Å². The van der Waals surface area contributed by atoms with E-state index in [9.17, 15) is 0 Å². The van der Waals surface area contributed by atoms with Gasteiger partial charge in [-0.15, -0.1) is 0 Å². The highest BCUT2D eigenvalue weighted by molar-refractivity contribution is 5.28. The van der Waals surface area contributed by atoms with E-state index in [1.807, 2.05) is 0 Å². The van der Waals surface area contributed by atoms with Crippen LogP contribution in [0.15, 0.2) is 12.4 Å². The molecule has 4 heteroatoms. The van der Waals surface area contributed by atoms with Gasteiger partial charge in [-0.2, -0.15) is 0 Å². The molecule has 1 saturated carbocycles. The summed E-state index contributed by atoms with van der Waals surface area (Å²) in [6.45, 7) is 4.66. The van der Waals surface area contributed by atoms with E-state index in [-0.39, 0.29) is 0 Å². The Kier molecular flexibility index (Phi) is 3.50. The minimum atomic E-state index is 0.433. The van der Waals surface area contributed by atoms with E-state index in [1.165, 1.54) is 25.7 Å². The molecule has 0 aliphatic heterocycles. The fourth-order valence-corrected chi connectivity index (χ4v) is 2.50. The van der Waals surface area contributed by atoms with Gasteiger partial charge in [-0.25, -0.2) is 9.97 Å². The zero-order valence-corrected chi connectivity index (χ0v) is 10.9. The van der Waals surface area contributed by atoms with Gasteiger partial charge in [0.1, 0.15) is 0 Å². The van der Waals surface area contributed by atoms with Gasteiger partial charge < -0.3 is 10.1 Å². The minimum absolute atomic E-state index is 0.433. The van der Waals surface area contributed by atoms with E-state index in [0.29, 0.717) is 23.2 Å². The van der Waals surface area contributed by atoms with Gasteiger partial charge in [0, 0.05) is 6.04 Å². The average Bonchev–Trinajstić information content (AvgIpc) is 2.29. The second kappa shape index (κ2) is 4.90. The number of rotatable bonds is 3. The number of nitrogens with zero attached hydrogens (tertiary/aromatic N) is 2. The maximum Gasteiger partial charge on any atom is 0.223 e. The van der Waals surface area contributed by atoms with Gasteiger partial charge in [-0.05, 0) is 24.7 Å². The predicted molar refractivity (Wildman–Crippen MR) is 68.2 cm³/mol. The van der Waals surface area contributed by atoms with Crippen molar-refractivity contribution in [2.45, 2.75) is 45.6 Å². The molecule has 0 aromatic carbocycles. The molecule has 94 valence electrons. The Morgan fingerprint density at radius 1 is 1.35 bits per heavy atom. The van der Waals surface area contributed by atoms with Crippen LogP contribution in [0.2, 0.25) is 0 Å². The zero-order chi connectivity index (χ0) is 12.3. The Labute approximate surface area is 103 Å². The summed E-state index contributed by atoms with van der Waals surface area (Å²) >= 11 is 0. The Morgan fingerprint density at radius 3 is 2.65 bits per heavy atom. The van der Waals surface area contributed by atoms with Crippen LogP contribution in [-0.2, 0) is 0 Å². The maximum atomic E-state index is 5.04. The average molecular weight is 235 g/mol. The van der Waals surface area contributed by atoms with E-state index < -0.39 is 0 Å². The Bertz CT molecular complexity index is 361. The fourth-order valence-electron chi connectivity index (χ4n) is 2.50. The van der Waals surface area contributed by atoms with Gasteiger partial charge in [0.05, 0.1) is 19.5 Å². The number of methoxy groups -OCH3 is 1. The van der Waals surface area contributed by atoms with Crippen molar-refractivity contribution < 1.29 is 4.74 Å². The van der Waals surface area contributed by atoms with Crippen LogP contribution < -0.4 is 10.1 Å². The summed E-state index contributed by atoms with van der Waals surface area (Å²) in [5.74, 6) is 1.40. The van der Waals surface area contributed by atoms with E-state index in [4.69, 9.17) is 4.74 Å². The van der Waals surface area contributed by atoms with Gasteiger partial charge >= 0.3 is 0 Å². The molecule has 0 amide bonds. The molecule has 1 atom stereocenters. The molecule has 0 saturated heterocycles. The molecule has 4 nitrogen and oxygen atoms in total. The van der Waals surface area contributed by atoms with Crippen LogP contribution in [0.25, 0.3) is 0 Å². The lowest BCUT2D eigenvalue weighted by atomic mass is 9.75. The lowest BCUT2D eigenvalue weighted by molar-refractivity contribution is 0.229.